The molecule has 9 nitrogen and oxygen atoms in total. The molecule has 4 saturated heterocycles. The third-order valence-electron chi connectivity index (χ3n) is 10.2. The topological polar surface area (TPSA) is 125 Å². The molecule has 8 atom stereocenters. The van der Waals surface area contributed by atoms with Crippen LogP contribution in [-0.2, 0) is 33.3 Å². The Morgan fingerprint density at radius 2 is 1.83 bits per heavy atom. The van der Waals surface area contributed by atoms with E-state index in [1.54, 1.807) is 12.3 Å². The Morgan fingerprint density at radius 1 is 1.06 bits per heavy atom. The van der Waals surface area contributed by atoms with E-state index < -0.39 is 57.5 Å². The second kappa shape index (κ2) is 6.00. The SMILES string of the molecule is CC1(C)OC2CC(=O)OCC23C1=C(O)C(=O)[C@]1(C)C3CCC2(C)C(c3ccoc3)OC(=O)C3O[C@]321. The second-order valence-corrected chi connectivity index (χ2v) is 11.9. The highest BCUT2D eigenvalue weighted by Crippen LogP contribution is 2.79. The summed E-state index contributed by atoms with van der Waals surface area (Å²) in [7, 11) is 0. The van der Waals surface area contributed by atoms with Crippen molar-refractivity contribution in [3.05, 3.63) is 35.5 Å². The molecule has 0 aromatic carbocycles. The summed E-state index contributed by atoms with van der Waals surface area (Å²) in [6.45, 7) is 7.44. The molecular weight excluding hydrogens is 456 g/mol. The van der Waals surface area contributed by atoms with Crippen LogP contribution in [0.5, 0.6) is 0 Å². The number of esters is 2. The molecule has 0 amide bonds. The molecule has 5 fully saturated rings. The van der Waals surface area contributed by atoms with Crippen LogP contribution in [0.4, 0.5) is 0 Å². The van der Waals surface area contributed by atoms with E-state index in [0.717, 1.165) is 0 Å². The zero-order valence-electron chi connectivity index (χ0n) is 20.1. The highest BCUT2D eigenvalue weighted by Gasteiger charge is 2.90. The van der Waals surface area contributed by atoms with Crippen molar-refractivity contribution in [2.75, 3.05) is 6.61 Å². The lowest BCUT2D eigenvalue weighted by molar-refractivity contribution is -0.212. The molecule has 1 saturated carbocycles. The number of hydrogen-bond acceptors (Lipinski definition) is 9. The van der Waals surface area contributed by atoms with Crippen molar-refractivity contribution in [1.82, 2.24) is 0 Å². The van der Waals surface area contributed by atoms with Gasteiger partial charge in [-0.2, -0.15) is 0 Å². The zero-order valence-corrected chi connectivity index (χ0v) is 20.1. The first kappa shape index (κ1) is 21.6. The molecule has 6 unspecified atom stereocenters. The third-order valence-corrected chi connectivity index (χ3v) is 10.2. The molecular formula is C26H28O9. The fourth-order valence-corrected chi connectivity index (χ4v) is 8.96. The summed E-state index contributed by atoms with van der Waals surface area (Å²) < 4.78 is 29.4. The molecule has 7 rings (SSSR count). The summed E-state index contributed by atoms with van der Waals surface area (Å²) in [6.07, 6.45) is 2.15. The fraction of sp³-hybridized carbons (Fsp3) is 0.654. The third kappa shape index (κ3) is 2.07. The van der Waals surface area contributed by atoms with Crippen LogP contribution in [0.15, 0.2) is 34.3 Å². The number of Topliss-reactive ketones (excluding diaryl/α,β-unsaturated/α-hetero) is 1. The molecule has 9 heteroatoms. The van der Waals surface area contributed by atoms with Crippen LogP contribution in [0.1, 0.15) is 58.6 Å². The lowest BCUT2D eigenvalue weighted by atomic mass is 9.39. The number of aliphatic hydroxyl groups excluding tert-OH is 1. The van der Waals surface area contributed by atoms with E-state index in [2.05, 4.69) is 0 Å². The highest BCUT2D eigenvalue weighted by atomic mass is 16.7. The summed E-state index contributed by atoms with van der Waals surface area (Å²) in [5.74, 6) is -2.07. The maximum atomic E-state index is 14.3. The Labute approximate surface area is 201 Å². The van der Waals surface area contributed by atoms with Gasteiger partial charge in [0.15, 0.2) is 11.9 Å². The van der Waals surface area contributed by atoms with Crippen LogP contribution in [0.3, 0.4) is 0 Å². The van der Waals surface area contributed by atoms with Gasteiger partial charge in [-0.3, -0.25) is 9.59 Å². The van der Waals surface area contributed by atoms with Crippen LogP contribution < -0.4 is 0 Å². The number of furan rings is 1. The van der Waals surface area contributed by atoms with Crippen molar-refractivity contribution >= 4 is 17.7 Å². The molecule has 6 aliphatic rings. The van der Waals surface area contributed by atoms with Gasteiger partial charge in [0.05, 0.1) is 41.5 Å². The van der Waals surface area contributed by atoms with E-state index in [0.29, 0.717) is 24.0 Å². The van der Waals surface area contributed by atoms with Crippen LogP contribution in [0.2, 0.25) is 0 Å². The van der Waals surface area contributed by atoms with Crippen LogP contribution in [-0.4, -0.2) is 52.8 Å². The van der Waals surface area contributed by atoms with E-state index in [1.807, 2.05) is 27.7 Å². The van der Waals surface area contributed by atoms with E-state index in [-0.39, 0.29) is 30.7 Å². The quantitative estimate of drug-likeness (QED) is 0.473. The first-order valence-corrected chi connectivity index (χ1v) is 12.2. The minimum atomic E-state index is -1.27. The van der Waals surface area contributed by atoms with Gasteiger partial charge >= 0.3 is 11.9 Å². The predicted molar refractivity (Wildman–Crippen MR) is 116 cm³/mol. The smallest absolute Gasteiger partial charge is 0.339 e. The van der Waals surface area contributed by atoms with Gasteiger partial charge in [-0.25, -0.2) is 4.79 Å². The first-order chi connectivity index (χ1) is 16.4. The van der Waals surface area contributed by atoms with Crippen molar-refractivity contribution in [2.24, 2.45) is 22.2 Å². The van der Waals surface area contributed by atoms with Crippen LogP contribution >= 0.6 is 0 Å². The number of hydrogen-bond donors (Lipinski definition) is 1. The van der Waals surface area contributed by atoms with Gasteiger partial charge in [0.2, 0.25) is 5.78 Å². The summed E-state index contributed by atoms with van der Waals surface area (Å²) in [5, 5.41) is 11.5. The van der Waals surface area contributed by atoms with Gasteiger partial charge in [-0.1, -0.05) is 6.92 Å². The Bertz CT molecular complexity index is 1230. The number of carbonyl (C=O) groups excluding carboxylic acids is 3. The Morgan fingerprint density at radius 3 is 2.54 bits per heavy atom. The number of ether oxygens (including phenoxy) is 4. The van der Waals surface area contributed by atoms with E-state index >= 15 is 0 Å². The van der Waals surface area contributed by atoms with Crippen molar-refractivity contribution < 1.29 is 42.9 Å². The fourth-order valence-electron chi connectivity index (χ4n) is 8.96. The lowest BCUT2D eigenvalue weighted by Crippen LogP contribution is -2.71. The van der Waals surface area contributed by atoms with E-state index in [1.165, 1.54) is 6.26 Å². The van der Waals surface area contributed by atoms with E-state index in [9.17, 15) is 19.5 Å². The molecule has 186 valence electrons. The molecule has 2 spiro atoms. The highest BCUT2D eigenvalue weighted by molar-refractivity contribution is 6.03. The number of carbonyl (C=O) groups is 3. The summed E-state index contributed by atoms with van der Waals surface area (Å²) in [6, 6.07) is 1.76. The van der Waals surface area contributed by atoms with Gasteiger partial charge in [-0.05, 0) is 45.6 Å². The van der Waals surface area contributed by atoms with Gasteiger partial charge < -0.3 is 28.5 Å². The molecule has 0 radical (unpaired) electrons. The largest absolute Gasteiger partial charge is 0.504 e. The van der Waals surface area contributed by atoms with Crippen molar-refractivity contribution in [3.8, 4) is 0 Å². The van der Waals surface area contributed by atoms with Crippen molar-refractivity contribution in [3.63, 3.8) is 0 Å². The number of cyclic esters (lactones) is 2. The first-order valence-electron chi connectivity index (χ1n) is 12.2. The number of rotatable bonds is 1. The summed E-state index contributed by atoms with van der Waals surface area (Å²) >= 11 is 0. The number of aliphatic hydroxyl groups is 1. The Hall–Kier alpha value is -2.65. The Kier molecular flexibility index (Phi) is 3.71. The van der Waals surface area contributed by atoms with Crippen molar-refractivity contribution in [1.29, 1.82) is 0 Å². The normalized spacial score (nSPS) is 49.2. The minimum absolute atomic E-state index is 0.0138. The molecule has 1 N–H and O–H groups in total. The maximum absolute atomic E-state index is 14.3. The van der Waals surface area contributed by atoms with Gasteiger partial charge in [0, 0.05) is 16.6 Å². The van der Waals surface area contributed by atoms with Crippen LogP contribution in [0, 0.1) is 22.2 Å². The maximum Gasteiger partial charge on any atom is 0.339 e. The van der Waals surface area contributed by atoms with Gasteiger partial charge in [0.25, 0.3) is 0 Å². The number of ketones is 1. The number of epoxide rings is 1. The minimum Gasteiger partial charge on any atom is -0.504 e. The molecule has 1 aromatic rings. The predicted octanol–water partition coefficient (Wildman–Crippen LogP) is 2.94. The van der Waals surface area contributed by atoms with Crippen molar-refractivity contribution in [2.45, 2.75) is 76.5 Å². The monoisotopic (exact) mass is 484 g/mol. The van der Waals surface area contributed by atoms with Crippen LogP contribution in [0.25, 0.3) is 0 Å². The van der Waals surface area contributed by atoms with Gasteiger partial charge in [0.1, 0.15) is 18.3 Å². The molecule has 5 heterocycles. The summed E-state index contributed by atoms with van der Waals surface area (Å²) in [4.78, 5) is 39.7. The average molecular weight is 485 g/mol. The molecule has 2 aliphatic carbocycles. The summed E-state index contributed by atoms with van der Waals surface area (Å²) in [5.41, 5.74) is -3.85. The standard InChI is InChI=1S/C26H28O9/c1-22(2)17-16(28)18(29)24(4)13(25(17)11-32-15(27)9-14(25)34-22)5-7-23(3)19(12-6-8-31-10-12)33-21(30)20-26(23,24)35-20/h6,8,10,13-14,19-20,28H,5,7,9,11H2,1-4H3/t13?,14?,19?,20?,23?,24-,25?,26+/m0/s1. The Balaban J connectivity index is 1.47. The average Bonchev–Trinajstić information content (AvgIpc) is 3.26. The number of fused-ring (bicyclic) bond motifs is 1. The van der Waals surface area contributed by atoms with Gasteiger partial charge in [-0.15, -0.1) is 0 Å². The molecule has 0 bridgehead atoms. The molecule has 35 heavy (non-hydrogen) atoms. The number of allylic oxidation sites excluding steroid dienone is 1. The zero-order chi connectivity index (χ0) is 24.8. The second-order valence-electron chi connectivity index (χ2n) is 11.9. The molecule has 4 aliphatic heterocycles. The van der Waals surface area contributed by atoms with E-state index in [4.69, 9.17) is 23.4 Å². The molecule has 1 aromatic heterocycles. The lowest BCUT2D eigenvalue weighted by Gasteiger charge is -2.63.